The quantitative estimate of drug-likeness (QED) is 0.686. The van der Waals surface area contributed by atoms with E-state index >= 15 is 0 Å². The van der Waals surface area contributed by atoms with E-state index in [1.54, 1.807) is 0 Å². The molecule has 2 fully saturated rings. The van der Waals surface area contributed by atoms with E-state index < -0.39 is 0 Å². The lowest BCUT2D eigenvalue weighted by Gasteiger charge is -2.27. The summed E-state index contributed by atoms with van der Waals surface area (Å²) in [5.41, 5.74) is 0.0335. The van der Waals surface area contributed by atoms with Gasteiger partial charge < -0.3 is 9.64 Å². The fraction of sp³-hybridized carbons (Fsp3) is 0.923. The summed E-state index contributed by atoms with van der Waals surface area (Å²) in [7, 11) is 0. The number of fused-ring (bicyclic) bond motifs is 1. The van der Waals surface area contributed by atoms with Crippen molar-refractivity contribution in [3.8, 4) is 0 Å². The van der Waals surface area contributed by atoms with E-state index in [0.717, 1.165) is 19.0 Å². The highest BCUT2D eigenvalue weighted by atomic mass is 16.6. The van der Waals surface area contributed by atoms with E-state index in [0.29, 0.717) is 11.3 Å². The van der Waals surface area contributed by atoms with Gasteiger partial charge in [0.1, 0.15) is 5.60 Å². The van der Waals surface area contributed by atoms with Gasteiger partial charge in [-0.2, -0.15) is 0 Å². The Bertz CT molecular complexity index is 306. The van der Waals surface area contributed by atoms with Crippen molar-refractivity contribution in [2.24, 2.45) is 17.3 Å². The third-order valence-corrected chi connectivity index (χ3v) is 4.01. The van der Waals surface area contributed by atoms with Crippen LogP contribution in [0.1, 0.15) is 41.0 Å². The van der Waals surface area contributed by atoms with Gasteiger partial charge in [-0.15, -0.1) is 0 Å². The number of hydrogen-bond acceptors (Lipinski definition) is 2. The van der Waals surface area contributed by atoms with Crippen LogP contribution in [-0.4, -0.2) is 29.7 Å². The molecule has 0 spiro atoms. The Kier molecular flexibility index (Phi) is 2.48. The van der Waals surface area contributed by atoms with Gasteiger partial charge in [0.2, 0.25) is 0 Å². The lowest BCUT2D eigenvalue weighted by atomic mass is 9.92. The van der Waals surface area contributed by atoms with Gasteiger partial charge in [-0.3, -0.25) is 0 Å². The lowest BCUT2D eigenvalue weighted by molar-refractivity contribution is 0.0254. The van der Waals surface area contributed by atoms with Gasteiger partial charge in [-0.05, 0) is 44.4 Å². The Morgan fingerprint density at radius 2 is 2.06 bits per heavy atom. The first-order valence-corrected chi connectivity index (χ1v) is 6.22. The smallest absolute Gasteiger partial charge is 0.410 e. The first-order chi connectivity index (χ1) is 7.24. The number of carbonyl (C=O) groups is 1. The molecule has 1 amide bonds. The van der Waals surface area contributed by atoms with Crippen molar-refractivity contribution in [2.45, 2.75) is 46.6 Å². The van der Waals surface area contributed by atoms with E-state index in [2.05, 4.69) is 13.8 Å². The molecular formula is C13H23NO2. The van der Waals surface area contributed by atoms with E-state index in [9.17, 15) is 4.79 Å². The molecule has 1 heterocycles. The van der Waals surface area contributed by atoms with Crippen LogP contribution in [0.3, 0.4) is 0 Å². The third-order valence-electron chi connectivity index (χ3n) is 4.01. The monoisotopic (exact) mass is 225 g/mol. The second kappa shape index (κ2) is 3.38. The van der Waals surface area contributed by atoms with Crippen LogP contribution in [0.15, 0.2) is 0 Å². The first kappa shape index (κ1) is 11.7. The third kappa shape index (κ3) is 1.92. The van der Waals surface area contributed by atoms with E-state index in [4.69, 9.17) is 4.74 Å². The minimum absolute atomic E-state index is 0.139. The number of rotatable bonds is 1. The molecule has 0 unspecified atom stereocenters. The van der Waals surface area contributed by atoms with Crippen molar-refractivity contribution in [3.05, 3.63) is 0 Å². The van der Waals surface area contributed by atoms with Gasteiger partial charge in [0.25, 0.3) is 0 Å². The molecule has 0 aromatic heterocycles. The average molecular weight is 225 g/mol. The molecule has 3 heteroatoms. The normalized spacial score (nSPS) is 32.9. The van der Waals surface area contributed by atoms with Gasteiger partial charge in [0.05, 0.1) is 0 Å². The summed E-state index contributed by atoms with van der Waals surface area (Å²) in [6.07, 6.45) is 1.16. The van der Waals surface area contributed by atoms with Gasteiger partial charge in [-0.25, -0.2) is 4.79 Å². The fourth-order valence-electron chi connectivity index (χ4n) is 2.88. The summed E-state index contributed by atoms with van der Waals surface area (Å²) in [4.78, 5) is 13.8. The van der Waals surface area contributed by atoms with E-state index in [1.807, 2.05) is 25.7 Å². The highest BCUT2D eigenvalue weighted by Crippen LogP contribution is 2.62. The molecule has 0 N–H and O–H groups in total. The molecule has 1 aliphatic heterocycles. The van der Waals surface area contributed by atoms with E-state index in [-0.39, 0.29) is 11.7 Å². The molecule has 3 nitrogen and oxygen atoms in total. The standard InChI is InChI=1S/C13H23NO2/c1-9(2)13-6-10(13)7-14(8-13)11(15)16-12(3,4)5/h9-10H,6-8H2,1-5H3/t10-,13+/m1/s1. The van der Waals surface area contributed by atoms with Crippen LogP contribution in [0.4, 0.5) is 4.79 Å². The van der Waals surface area contributed by atoms with Crippen molar-refractivity contribution in [3.63, 3.8) is 0 Å². The number of hydrogen-bond donors (Lipinski definition) is 0. The van der Waals surface area contributed by atoms with Crippen LogP contribution in [0, 0.1) is 17.3 Å². The summed E-state index contributed by atoms with van der Waals surface area (Å²) in [6, 6.07) is 0. The Morgan fingerprint density at radius 1 is 1.44 bits per heavy atom. The maximum atomic E-state index is 11.9. The van der Waals surface area contributed by atoms with Crippen molar-refractivity contribution < 1.29 is 9.53 Å². The van der Waals surface area contributed by atoms with E-state index in [1.165, 1.54) is 6.42 Å². The predicted molar refractivity (Wildman–Crippen MR) is 63.2 cm³/mol. The molecule has 2 aliphatic rings. The zero-order chi connectivity index (χ0) is 12.1. The van der Waals surface area contributed by atoms with Crippen LogP contribution in [-0.2, 0) is 4.74 Å². The Morgan fingerprint density at radius 3 is 2.50 bits per heavy atom. The zero-order valence-electron chi connectivity index (χ0n) is 11.0. The summed E-state index contributed by atoms with van der Waals surface area (Å²) in [6.45, 7) is 12.1. The summed E-state index contributed by atoms with van der Waals surface area (Å²) >= 11 is 0. The average Bonchev–Trinajstić information content (AvgIpc) is 2.67. The number of piperidine rings is 1. The second-order valence-electron chi connectivity index (χ2n) is 6.65. The SMILES string of the molecule is CC(C)[C@@]12C[C@@H]1CN(C(=O)OC(C)(C)C)C2. The predicted octanol–water partition coefficient (Wildman–Crippen LogP) is 2.90. The number of amides is 1. The molecule has 0 aromatic carbocycles. The molecule has 92 valence electrons. The lowest BCUT2D eigenvalue weighted by Crippen LogP contribution is -2.37. The van der Waals surface area contributed by atoms with Crippen molar-refractivity contribution in [1.29, 1.82) is 0 Å². The molecule has 1 aliphatic carbocycles. The van der Waals surface area contributed by atoms with Gasteiger partial charge in [0, 0.05) is 13.1 Å². The molecule has 0 bridgehead atoms. The molecule has 1 saturated heterocycles. The first-order valence-electron chi connectivity index (χ1n) is 6.22. The zero-order valence-corrected chi connectivity index (χ0v) is 11.0. The van der Waals surface area contributed by atoms with Crippen molar-refractivity contribution in [1.82, 2.24) is 4.90 Å². The molecule has 2 rings (SSSR count). The topological polar surface area (TPSA) is 29.5 Å². The second-order valence-corrected chi connectivity index (χ2v) is 6.65. The largest absolute Gasteiger partial charge is 0.444 e. The Balaban J connectivity index is 1.93. The fourth-order valence-corrected chi connectivity index (χ4v) is 2.88. The molecule has 2 atom stereocenters. The van der Waals surface area contributed by atoms with Crippen LogP contribution in [0.25, 0.3) is 0 Å². The maximum absolute atomic E-state index is 11.9. The Labute approximate surface area is 98.1 Å². The van der Waals surface area contributed by atoms with Crippen LogP contribution < -0.4 is 0 Å². The van der Waals surface area contributed by atoms with Crippen molar-refractivity contribution >= 4 is 6.09 Å². The number of likely N-dealkylation sites (tertiary alicyclic amines) is 1. The molecule has 1 saturated carbocycles. The maximum Gasteiger partial charge on any atom is 0.410 e. The molecule has 16 heavy (non-hydrogen) atoms. The minimum Gasteiger partial charge on any atom is -0.444 e. The van der Waals surface area contributed by atoms with Gasteiger partial charge in [0.15, 0.2) is 0 Å². The Hall–Kier alpha value is -0.730. The highest BCUT2D eigenvalue weighted by Gasteiger charge is 2.62. The molecule has 0 aromatic rings. The van der Waals surface area contributed by atoms with Crippen molar-refractivity contribution in [2.75, 3.05) is 13.1 Å². The number of nitrogens with zero attached hydrogens (tertiary/aromatic N) is 1. The van der Waals surface area contributed by atoms with Gasteiger partial charge >= 0.3 is 6.09 Å². The minimum atomic E-state index is -0.380. The molecular weight excluding hydrogens is 202 g/mol. The van der Waals surface area contributed by atoms with Gasteiger partial charge in [-0.1, -0.05) is 13.8 Å². The summed E-state index contributed by atoms with van der Waals surface area (Å²) < 4.78 is 5.40. The van der Waals surface area contributed by atoms with Crippen LogP contribution in [0.2, 0.25) is 0 Å². The number of carbonyl (C=O) groups excluding carboxylic acids is 1. The summed E-state index contributed by atoms with van der Waals surface area (Å²) in [5, 5.41) is 0. The number of ether oxygens (including phenoxy) is 1. The van der Waals surface area contributed by atoms with Crippen LogP contribution >= 0.6 is 0 Å². The molecule has 0 radical (unpaired) electrons. The highest BCUT2D eigenvalue weighted by molar-refractivity contribution is 5.69. The van der Waals surface area contributed by atoms with Crippen LogP contribution in [0.5, 0.6) is 0 Å². The summed E-state index contributed by atoms with van der Waals surface area (Å²) in [5.74, 6) is 1.39.